The van der Waals surface area contributed by atoms with Gasteiger partial charge >= 0.3 is 0 Å². The van der Waals surface area contributed by atoms with Gasteiger partial charge in [0.2, 0.25) is 0 Å². The Morgan fingerprint density at radius 1 is 1.19 bits per heavy atom. The summed E-state index contributed by atoms with van der Waals surface area (Å²) >= 11 is 0. The number of hydrogen-bond acceptors (Lipinski definition) is 4. The molecule has 0 radical (unpaired) electrons. The quantitative estimate of drug-likeness (QED) is 0.777. The van der Waals surface area contributed by atoms with E-state index in [2.05, 4.69) is 21.6 Å². The van der Waals surface area contributed by atoms with Gasteiger partial charge in [0, 0.05) is 13.6 Å². The number of aryl methyl sites for hydroxylation is 2. The van der Waals surface area contributed by atoms with E-state index in [0.717, 1.165) is 50.1 Å². The summed E-state index contributed by atoms with van der Waals surface area (Å²) in [5, 5.41) is 5.42. The van der Waals surface area contributed by atoms with Gasteiger partial charge in [-0.2, -0.15) is 5.10 Å². The highest BCUT2D eigenvalue weighted by Crippen LogP contribution is 2.33. The number of nitrogens with one attached hydrogen (secondary N) is 1. The molecule has 27 heavy (non-hydrogen) atoms. The van der Waals surface area contributed by atoms with Gasteiger partial charge < -0.3 is 4.98 Å². The third kappa shape index (κ3) is 2.88. The van der Waals surface area contributed by atoms with Crippen molar-refractivity contribution < 1.29 is 0 Å². The van der Waals surface area contributed by atoms with Crippen LogP contribution < -0.4 is 5.56 Å². The van der Waals surface area contributed by atoms with Crippen LogP contribution >= 0.6 is 0 Å². The van der Waals surface area contributed by atoms with Gasteiger partial charge in [0.05, 0.1) is 28.3 Å². The van der Waals surface area contributed by atoms with Gasteiger partial charge in [-0.05, 0) is 62.8 Å². The minimum Gasteiger partial charge on any atom is -0.309 e. The standard InChI is InChI=1S/C21H25N5O/c1-25-19(14-7-2-5-10-17(14)24-25)13-26-12-6-11-18(26)20-22-16-9-4-3-8-15(16)21(27)23-20/h3-4,8-9,18H,2,5-7,10-13H2,1H3,(H,22,23,27). The van der Waals surface area contributed by atoms with Crippen molar-refractivity contribution in [1.82, 2.24) is 24.6 Å². The molecule has 5 rings (SSSR count). The molecule has 1 aliphatic carbocycles. The van der Waals surface area contributed by atoms with E-state index in [1.54, 1.807) is 0 Å². The maximum Gasteiger partial charge on any atom is 0.258 e. The smallest absolute Gasteiger partial charge is 0.258 e. The van der Waals surface area contributed by atoms with E-state index in [9.17, 15) is 4.79 Å². The molecule has 0 spiro atoms. The molecule has 0 amide bonds. The second kappa shape index (κ2) is 6.60. The first-order valence-corrected chi connectivity index (χ1v) is 9.97. The first-order valence-electron chi connectivity index (χ1n) is 9.97. The van der Waals surface area contributed by atoms with Crippen LogP contribution in [0.15, 0.2) is 29.1 Å². The zero-order valence-electron chi connectivity index (χ0n) is 15.7. The molecule has 1 atom stereocenters. The number of H-pyrrole nitrogens is 1. The molecule has 2 aliphatic rings. The predicted octanol–water partition coefficient (Wildman–Crippen LogP) is 2.87. The van der Waals surface area contributed by atoms with Crippen molar-refractivity contribution in [2.75, 3.05) is 6.54 Å². The molecule has 1 unspecified atom stereocenters. The van der Waals surface area contributed by atoms with E-state index in [-0.39, 0.29) is 11.6 Å². The van der Waals surface area contributed by atoms with Crippen LogP contribution in [0.25, 0.3) is 10.9 Å². The van der Waals surface area contributed by atoms with Crippen LogP contribution in [0, 0.1) is 0 Å². The number of aromatic amines is 1. The molecule has 6 nitrogen and oxygen atoms in total. The molecule has 1 aromatic carbocycles. The molecule has 140 valence electrons. The van der Waals surface area contributed by atoms with Gasteiger partial charge in [-0.15, -0.1) is 0 Å². The number of rotatable bonds is 3. The van der Waals surface area contributed by atoms with Crippen LogP contribution in [0.1, 0.15) is 54.5 Å². The fraction of sp³-hybridized carbons (Fsp3) is 0.476. The number of hydrogen-bond donors (Lipinski definition) is 1. The second-order valence-electron chi connectivity index (χ2n) is 7.80. The van der Waals surface area contributed by atoms with Gasteiger partial charge in [0.1, 0.15) is 5.82 Å². The Bertz CT molecular complexity index is 1050. The normalized spacial score (nSPS) is 20.3. The molecule has 0 saturated carbocycles. The molecule has 3 heterocycles. The Balaban J connectivity index is 1.48. The predicted molar refractivity (Wildman–Crippen MR) is 105 cm³/mol. The lowest BCUT2D eigenvalue weighted by Crippen LogP contribution is -2.27. The summed E-state index contributed by atoms with van der Waals surface area (Å²) in [6.07, 6.45) is 6.91. The summed E-state index contributed by atoms with van der Waals surface area (Å²) < 4.78 is 2.07. The van der Waals surface area contributed by atoms with Crippen LogP contribution in [0.4, 0.5) is 0 Å². The lowest BCUT2D eigenvalue weighted by atomic mass is 9.95. The SMILES string of the molecule is Cn1nc2c(c1CN1CCCC1c1nc3ccccc3c(=O)[nH]1)CCCC2. The second-order valence-corrected chi connectivity index (χ2v) is 7.80. The number of nitrogens with zero attached hydrogens (tertiary/aromatic N) is 4. The van der Waals surface area contributed by atoms with Crippen LogP contribution in [-0.2, 0) is 26.4 Å². The first-order chi connectivity index (χ1) is 13.2. The Morgan fingerprint density at radius 2 is 2.04 bits per heavy atom. The Morgan fingerprint density at radius 3 is 2.96 bits per heavy atom. The summed E-state index contributed by atoms with van der Waals surface area (Å²) in [5.41, 5.74) is 4.81. The summed E-state index contributed by atoms with van der Waals surface area (Å²) in [5.74, 6) is 0.798. The van der Waals surface area contributed by atoms with Gasteiger partial charge in [-0.1, -0.05) is 12.1 Å². The van der Waals surface area contributed by atoms with Crippen molar-refractivity contribution in [3.8, 4) is 0 Å². The highest BCUT2D eigenvalue weighted by molar-refractivity contribution is 5.77. The Kier molecular flexibility index (Phi) is 4.08. The topological polar surface area (TPSA) is 66.8 Å². The van der Waals surface area contributed by atoms with Crippen LogP contribution in [-0.4, -0.2) is 31.2 Å². The van der Waals surface area contributed by atoms with Gasteiger partial charge in [-0.25, -0.2) is 4.98 Å². The molecular formula is C21H25N5O. The van der Waals surface area contributed by atoms with E-state index in [1.165, 1.54) is 29.8 Å². The summed E-state index contributed by atoms with van der Waals surface area (Å²) in [4.78, 5) is 22.8. The number of likely N-dealkylation sites (tertiary alicyclic amines) is 1. The molecule has 0 bridgehead atoms. The van der Waals surface area contributed by atoms with Gasteiger partial charge in [0.15, 0.2) is 0 Å². The van der Waals surface area contributed by atoms with Crippen LogP contribution in [0.5, 0.6) is 0 Å². The Labute approximate surface area is 158 Å². The van der Waals surface area contributed by atoms with E-state index in [0.29, 0.717) is 5.39 Å². The van der Waals surface area contributed by atoms with Crippen LogP contribution in [0.2, 0.25) is 0 Å². The number of para-hydroxylation sites is 1. The maximum atomic E-state index is 12.5. The minimum absolute atomic E-state index is 0.0413. The number of benzene rings is 1. The molecule has 6 heteroatoms. The molecule has 2 aromatic heterocycles. The molecule has 1 aliphatic heterocycles. The van der Waals surface area contributed by atoms with E-state index in [1.807, 2.05) is 24.3 Å². The van der Waals surface area contributed by atoms with Crippen LogP contribution in [0.3, 0.4) is 0 Å². The zero-order chi connectivity index (χ0) is 18.4. The van der Waals surface area contributed by atoms with Gasteiger partial charge in [0.25, 0.3) is 5.56 Å². The summed E-state index contributed by atoms with van der Waals surface area (Å²) in [6, 6.07) is 7.74. The fourth-order valence-corrected chi connectivity index (χ4v) is 4.72. The average Bonchev–Trinajstić information content (AvgIpc) is 3.27. The Hall–Kier alpha value is -2.47. The molecular weight excluding hydrogens is 338 g/mol. The summed E-state index contributed by atoms with van der Waals surface area (Å²) in [6.45, 7) is 1.90. The highest BCUT2D eigenvalue weighted by Gasteiger charge is 2.30. The number of fused-ring (bicyclic) bond motifs is 2. The largest absolute Gasteiger partial charge is 0.309 e. The molecule has 1 saturated heterocycles. The third-order valence-corrected chi connectivity index (χ3v) is 6.11. The monoisotopic (exact) mass is 363 g/mol. The van der Waals surface area contributed by atoms with Crippen molar-refractivity contribution in [1.29, 1.82) is 0 Å². The van der Waals surface area contributed by atoms with E-state index < -0.39 is 0 Å². The lowest BCUT2D eigenvalue weighted by Gasteiger charge is -2.24. The van der Waals surface area contributed by atoms with Crippen molar-refractivity contribution in [3.63, 3.8) is 0 Å². The third-order valence-electron chi connectivity index (χ3n) is 6.11. The summed E-state index contributed by atoms with van der Waals surface area (Å²) in [7, 11) is 2.06. The van der Waals surface area contributed by atoms with Crippen molar-refractivity contribution in [2.24, 2.45) is 7.05 Å². The molecule has 1 N–H and O–H groups in total. The first kappa shape index (κ1) is 16.7. The highest BCUT2D eigenvalue weighted by atomic mass is 16.1. The average molecular weight is 363 g/mol. The van der Waals surface area contributed by atoms with E-state index >= 15 is 0 Å². The molecule has 1 fully saturated rings. The van der Waals surface area contributed by atoms with Crippen molar-refractivity contribution in [2.45, 2.75) is 51.1 Å². The fourth-order valence-electron chi connectivity index (χ4n) is 4.72. The zero-order valence-corrected chi connectivity index (χ0v) is 15.7. The molecule has 3 aromatic rings. The van der Waals surface area contributed by atoms with E-state index in [4.69, 9.17) is 10.1 Å². The minimum atomic E-state index is -0.0413. The van der Waals surface area contributed by atoms with Crippen molar-refractivity contribution in [3.05, 3.63) is 57.4 Å². The maximum absolute atomic E-state index is 12.5. The van der Waals surface area contributed by atoms with Gasteiger partial charge in [-0.3, -0.25) is 14.4 Å². The lowest BCUT2D eigenvalue weighted by molar-refractivity contribution is 0.233. The number of aromatic nitrogens is 4. The van der Waals surface area contributed by atoms with Crippen molar-refractivity contribution >= 4 is 10.9 Å².